The number of rotatable bonds is 4. The largest absolute Gasteiger partial charge is 0.490 e. The van der Waals surface area contributed by atoms with E-state index in [1.807, 2.05) is 0 Å². The van der Waals surface area contributed by atoms with Crippen LogP contribution in [0.1, 0.15) is 46.0 Å². The Morgan fingerprint density at radius 1 is 1.11 bits per heavy atom. The van der Waals surface area contributed by atoms with Crippen molar-refractivity contribution >= 4 is 0 Å². The minimum Gasteiger partial charge on any atom is -0.490 e. The van der Waals surface area contributed by atoms with Gasteiger partial charge < -0.3 is 14.9 Å². The van der Waals surface area contributed by atoms with E-state index in [1.54, 1.807) is 0 Å². The van der Waals surface area contributed by atoms with Gasteiger partial charge in [0.2, 0.25) is 0 Å². The molecule has 4 nitrogen and oxygen atoms in total. The number of aliphatic hydroxyl groups excluding tert-OH is 1. The van der Waals surface area contributed by atoms with Crippen LogP contribution in [0, 0.1) is 22.9 Å². The summed E-state index contributed by atoms with van der Waals surface area (Å²) in [5.74, 6) is -4.49. The minimum absolute atomic E-state index is 0.219. The Morgan fingerprint density at radius 3 is 2.30 bits per heavy atom. The third kappa shape index (κ3) is 4.58. The molecule has 1 saturated carbocycles. The number of nitrogens with zero attached hydrogens (tertiary/aromatic N) is 1. The summed E-state index contributed by atoms with van der Waals surface area (Å²) in [6.07, 6.45) is 3.69. The quantitative estimate of drug-likeness (QED) is 0.779. The predicted molar refractivity (Wildman–Crippen MR) is 95.0 cm³/mol. The monoisotopic (exact) mass is 387 g/mol. The molecule has 0 radical (unpaired) electrons. The normalized spacial score (nSPS) is 29.7. The van der Waals surface area contributed by atoms with Crippen LogP contribution in [0.5, 0.6) is 5.75 Å². The summed E-state index contributed by atoms with van der Waals surface area (Å²) >= 11 is 0. The lowest BCUT2D eigenvalue weighted by Crippen LogP contribution is -2.62. The number of benzene rings is 1. The average Bonchev–Trinajstić information content (AvgIpc) is 2.60. The van der Waals surface area contributed by atoms with Gasteiger partial charge in [-0.15, -0.1) is 0 Å². The van der Waals surface area contributed by atoms with Crippen LogP contribution in [0.4, 0.5) is 13.2 Å². The maximum Gasteiger partial charge on any atom is 0.194 e. The molecule has 2 fully saturated rings. The van der Waals surface area contributed by atoms with Crippen LogP contribution in [0.15, 0.2) is 12.1 Å². The van der Waals surface area contributed by atoms with Gasteiger partial charge in [-0.05, 0) is 37.5 Å². The Bertz CT molecular complexity index is 651. The topological polar surface area (TPSA) is 52.9 Å². The molecule has 7 heteroatoms. The highest BCUT2D eigenvalue weighted by Crippen LogP contribution is 2.38. The Morgan fingerprint density at radius 2 is 1.70 bits per heavy atom. The Hall–Kier alpha value is -1.31. The van der Waals surface area contributed by atoms with E-state index < -0.39 is 29.2 Å². The first-order valence-electron chi connectivity index (χ1n) is 9.51. The molecule has 1 aromatic rings. The molecule has 1 saturated heterocycles. The second kappa shape index (κ2) is 7.60. The van der Waals surface area contributed by atoms with Gasteiger partial charge in [0.1, 0.15) is 18.0 Å². The van der Waals surface area contributed by atoms with Crippen molar-refractivity contribution < 1.29 is 28.1 Å². The van der Waals surface area contributed by atoms with Gasteiger partial charge in [-0.3, -0.25) is 4.90 Å². The Kier molecular flexibility index (Phi) is 5.75. The molecule has 0 unspecified atom stereocenters. The van der Waals surface area contributed by atoms with Crippen molar-refractivity contribution in [3.8, 4) is 5.75 Å². The van der Waals surface area contributed by atoms with Gasteiger partial charge in [0.05, 0.1) is 6.10 Å². The van der Waals surface area contributed by atoms with Crippen molar-refractivity contribution in [1.29, 1.82) is 0 Å². The summed E-state index contributed by atoms with van der Waals surface area (Å²) in [5, 5.41) is 21.2. The van der Waals surface area contributed by atoms with Crippen molar-refractivity contribution in [2.24, 2.45) is 5.41 Å². The molecule has 1 aliphatic carbocycles. The number of halogens is 3. The molecule has 2 N–H and O–H groups in total. The number of piperidine rings is 1. The van der Waals surface area contributed by atoms with Crippen LogP contribution in [-0.2, 0) is 0 Å². The fourth-order valence-corrected chi connectivity index (χ4v) is 4.12. The van der Waals surface area contributed by atoms with Gasteiger partial charge in [-0.25, -0.2) is 13.2 Å². The van der Waals surface area contributed by atoms with Gasteiger partial charge in [-0.1, -0.05) is 13.8 Å². The first-order valence-corrected chi connectivity index (χ1v) is 9.51. The highest BCUT2D eigenvalue weighted by Gasteiger charge is 2.44. The summed E-state index contributed by atoms with van der Waals surface area (Å²) in [7, 11) is 0. The van der Waals surface area contributed by atoms with Gasteiger partial charge in [0.15, 0.2) is 17.5 Å². The molecule has 1 aliphatic heterocycles. The predicted octanol–water partition coefficient (Wildman–Crippen LogP) is 3.25. The van der Waals surface area contributed by atoms with E-state index in [9.17, 15) is 23.4 Å². The summed E-state index contributed by atoms with van der Waals surface area (Å²) in [6, 6.07) is 1.81. The number of hydrogen-bond donors (Lipinski definition) is 2. The molecule has 152 valence electrons. The van der Waals surface area contributed by atoms with E-state index in [0.29, 0.717) is 24.4 Å². The summed E-state index contributed by atoms with van der Waals surface area (Å²) < 4.78 is 45.0. The third-order valence-electron chi connectivity index (χ3n) is 6.06. The molecular formula is C20H28F3NO3. The molecule has 1 heterocycles. The zero-order valence-electron chi connectivity index (χ0n) is 15.9. The average molecular weight is 387 g/mol. The van der Waals surface area contributed by atoms with Crippen LogP contribution in [0.3, 0.4) is 0 Å². The zero-order valence-corrected chi connectivity index (χ0v) is 15.9. The van der Waals surface area contributed by atoms with Crippen LogP contribution in [-0.4, -0.2) is 52.6 Å². The maximum absolute atomic E-state index is 13.3. The van der Waals surface area contributed by atoms with E-state index in [0.717, 1.165) is 37.8 Å². The van der Waals surface area contributed by atoms with E-state index in [-0.39, 0.29) is 18.9 Å². The van der Waals surface area contributed by atoms with Crippen molar-refractivity contribution in [3.05, 3.63) is 29.6 Å². The highest BCUT2D eigenvalue weighted by molar-refractivity contribution is 5.25. The standard InChI is InChI=1S/C20H28F3NO3/c1-19(2)6-3-13(4-7-19)24-8-5-17(25)20(26,11-24)12-27-14-9-15(21)18(23)16(22)10-14/h9-10,13,17,25-26H,3-8,11-12H2,1-2H3/t17-,20-/m0/s1. The number of aliphatic hydroxyl groups is 2. The van der Waals surface area contributed by atoms with Crippen LogP contribution in [0.2, 0.25) is 0 Å². The van der Waals surface area contributed by atoms with Crippen LogP contribution < -0.4 is 4.74 Å². The summed E-state index contributed by atoms with van der Waals surface area (Å²) in [6.45, 7) is 5.11. The van der Waals surface area contributed by atoms with Crippen molar-refractivity contribution in [1.82, 2.24) is 4.90 Å². The first-order chi connectivity index (χ1) is 12.6. The van der Waals surface area contributed by atoms with Crippen LogP contribution in [0.25, 0.3) is 0 Å². The van der Waals surface area contributed by atoms with Crippen molar-refractivity contribution in [2.75, 3.05) is 19.7 Å². The van der Waals surface area contributed by atoms with Crippen molar-refractivity contribution in [3.63, 3.8) is 0 Å². The van der Waals surface area contributed by atoms with Gasteiger partial charge in [0, 0.05) is 31.3 Å². The molecular weight excluding hydrogens is 359 g/mol. The molecule has 1 aromatic carbocycles. The number of ether oxygens (including phenoxy) is 1. The highest BCUT2D eigenvalue weighted by atomic mass is 19.2. The van der Waals surface area contributed by atoms with E-state index >= 15 is 0 Å². The molecule has 2 atom stereocenters. The molecule has 0 spiro atoms. The lowest BCUT2D eigenvalue weighted by molar-refractivity contribution is -0.148. The Balaban J connectivity index is 1.64. The second-order valence-electron chi connectivity index (χ2n) is 8.76. The zero-order chi connectivity index (χ0) is 19.8. The Labute approximate surface area is 157 Å². The third-order valence-corrected chi connectivity index (χ3v) is 6.06. The maximum atomic E-state index is 13.3. The van der Waals surface area contributed by atoms with Crippen LogP contribution >= 0.6 is 0 Å². The number of β-amino-alcohol motifs (C(OH)–C–C–N with tert-alkyl or cyclic N) is 1. The molecule has 0 bridgehead atoms. The minimum atomic E-state index is -1.56. The van der Waals surface area contributed by atoms with Gasteiger partial charge in [-0.2, -0.15) is 0 Å². The number of likely N-dealkylation sites (tertiary alicyclic amines) is 1. The van der Waals surface area contributed by atoms with Gasteiger partial charge in [0.25, 0.3) is 0 Å². The SMILES string of the molecule is CC1(C)CCC(N2CC[C@H](O)[C@@](O)(COc3cc(F)c(F)c(F)c3)C2)CC1. The molecule has 2 aliphatic rings. The summed E-state index contributed by atoms with van der Waals surface area (Å²) in [4.78, 5) is 2.18. The van der Waals surface area contributed by atoms with E-state index in [1.165, 1.54) is 0 Å². The number of hydrogen-bond acceptors (Lipinski definition) is 4. The smallest absolute Gasteiger partial charge is 0.194 e. The molecule has 3 rings (SSSR count). The molecule has 0 amide bonds. The van der Waals surface area contributed by atoms with E-state index in [2.05, 4.69) is 18.7 Å². The van der Waals surface area contributed by atoms with Crippen molar-refractivity contribution in [2.45, 2.75) is 63.7 Å². The lowest BCUT2D eigenvalue weighted by Gasteiger charge is -2.47. The van der Waals surface area contributed by atoms with Gasteiger partial charge >= 0.3 is 0 Å². The molecule has 27 heavy (non-hydrogen) atoms. The van der Waals surface area contributed by atoms with E-state index in [4.69, 9.17) is 4.74 Å². The summed E-state index contributed by atoms with van der Waals surface area (Å²) in [5.41, 5.74) is -1.21. The lowest BCUT2D eigenvalue weighted by atomic mass is 9.74. The first kappa shape index (κ1) is 20.4. The second-order valence-corrected chi connectivity index (χ2v) is 8.76. The molecule has 0 aromatic heterocycles. The fraction of sp³-hybridized carbons (Fsp3) is 0.700. The fourth-order valence-electron chi connectivity index (χ4n) is 4.12.